The number of anilines is 1. The second kappa shape index (κ2) is 8.97. The van der Waals surface area contributed by atoms with Crippen molar-refractivity contribution in [1.82, 2.24) is 19.7 Å². The molecular weight excluding hydrogens is 455 g/mol. The van der Waals surface area contributed by atoms with Gasteiger partial charge < -0.3 is 4.90 Å². The van der Waals surface area contributed by atoms with Crippen LogP contribution in [0.15, 0.2) is 47.9 Å². The molecule has 1 aliphatic rings. The number of halogens is 3. The number of carbonyl (C=O) groups excluding carboxylic acids is 2. The van der Waals surface area contributed by atoms with Crippen LogP contribution in [0.3, 0.4) is 0 Å². The summed E-state index contributed by atoms with van der Waals surface area (Å²) < 4.78 is 40.8. The van der Waals surface area contributed by atoms with E-state index in [0.717, 1.165) is 27.6 Å². The second-order valence-electron chi connectivity index (χ2n) is 7.63. The molecule has 0 bridgehead atoms. The number of alkyl halides is 3. The first-order valence-corrected chi connectivity index (χ1v) is 11.0. The van der Waals surface area contributed by atoms with Crippen molar-refractivity contribution in [3.8, 4) is 11.4 Å². The van der Waals surface area contributed by atoms with Gasteiger partial charge in [-0.3, -0.25) is 19.1 Å². The van der Waals surface area contributed by atoms with Gasteiger partial charge in [-0.25, -0.2) is 0 Å². The summed E-state index contributed by atoms with van der Waals surface area (Å²) >= 11 is 0.928. The molecule has 172 valence electrons. The van der Waals surface area contributed by atoms with Gasteiger partial charge in [0.1, 0.15) is 6.54 Å². The Morgan fingerprint density at radius 1 is 1.15 bits per heavy atom. The summed E-state index contributed by atoms with van der Waals surface area (Å²) in [6.45, 7) is 2.40. The first kappa shape index (κ1) is 23.0. The van der Waals surface area contributed by atoms with Gasteiger partial charge in [-0.1, -0.05) is 11.8 Å². The largest absolute Gasteiger partial charge is 0.406 e. The number of fused-ring (bicyclic) bond motifs is 1. The van der Waals surface area contributed by atoms with Crippen LogP contribution in [0.2, 0.25) is 0 Å². The molecule has 0 N–H and O–H groups in total. The van der Waals surface area contributed by atoms with Crippen LogP contribution in [0.5, 0.6) is 0 Å². The van der Waals surface area contributed by atoms with Gasteiger partial charge >= 0.3 is 6.18 Å². The lowest BCUT2D eigenvalue weighted by molar-refractivity contribution is -0.141. The van der Waals surface area contributed by atoms with E-state index in [0.29, 0.717) is 24.1 Å². The molecule has 0 saturated heterocycles. The van der Waals surface area contributed by atoms with E-state index in [9.17, 15) is 22.8 Å². The van der Waals surface area contributed by atoms with Crippen molar-refractivity contribution in [1.29, 1.82) is 0 Å². The summed E-state index contributed by atoms with van der Waals surface area (Å²) in [7, 11) is 0. The Labute approximate surface area is 192 Å². The van der Waals surface area contributed by atoms with Crippen molar-refractivity contribution < 1.29 is 22.8 Å². The number of Topliss-reactive ketones (excluding diaryl/α,β-unsaturated/α-hetero) is 1. The van der Waals surface area contributed by atoms with Gasteiger partial charge in [-0.05, 0) is 49.2 Å². The SMILES string of the molecule is CC(=O)N1CCc2cc(C(=O)C(C)Sc3nnc(-c4ccncc4)n3CC(F)(F)F)ccc21. The average Bonchev–Trinajstić information content (AvgIpc) is 3.36. The van der Waals surface area contributed by atoms with Crippen LogP contribution < -0.4 is 4.90 Å². The number of benzene rings is 1. The minimum absolute atomic E-state index is 0.00361. The van der Waals surface area contributed by atoms with Crippen molar-refractivity contribution in [3.05, 3.63) is 53.9 Å². The van der Waals surface area contributed by atoms with Crippen LogP contribution in [0, 0.1) is 0 Å². The summed E-state index contributed by atoms with van der Waals surface area (Å²) in [4.78, 5) is 30.3. The molecule has 0 fully saturated rings. The molecule has 0 radical (unpaired) electrons. The van der Waals surface area contributed by atoms with Crippen LogP contribution in [-0.2, 0) is 17.8 Å². The number of nitrogens with zero attached hydrogens (tertiary/aromatic N) is 5. The van der Waals surface area contributed by atoms with Crippen molar-refractivity contribution in [2.75, 3.05) is 11.4 Å². The molecule has 1 amide bonds. The van der Waals surface area contributed by atoms with Crippen molar-refractivity contribution in [3.63, 3.8) is 0 Å². The summed E-state index contributed by atoms with van der Waals surface area (Å²) in [5.41, 5.74) is 2.57. The molecule has 1 unspecified atom stereocenters. The Morgan fingerprint density at radius 3 is 2.55 bits per heavy atom. The number of rotatable bonds is 6. The molecule has 4 rings (SSSR count). The van der Waals surface area contributed by atoms with Gasteiger partial charge in [0, 0.05) is 42.7 Å². The van der Waals surface area contributed by atoms with E-state index in [1.165, 1.54) is 19.3 Å². The molecule has 3 aromatic rings. The van der Waals surface area contributed by atoms with Crippen LogP contribution in [0.25, 0.3) is 11.4 Å². The van der Waals surface area contributed by atoms with E-state index in [-0.39, 0.29) is 22.7 Å². The Hall–Kier alpha value is -3.21. The number of carbonyl (C=O) groups is 2. The fourth-order valence-electron chi connectivity index (χ4n) is 3.74. The third-order valence-electron chi connectivity index (χ3n) is 5.28. The smallest absolute Gasteiger partial charge is 0.312 e. The number of thioether (sulfide) groups is 1. The second-order valence-corrected chi connectivity index (χ2v) is 8.94. The van der Waals surface area contributed by atoms with E-state index in [1.807, 2.05) is 0 Å². The molecule has 0 aliphatic carbocycles. The first-order valence-electron chi connectivity index (χ1n) is 10.2. The minimum atomic E-state index is -4.49. The Morgan fingerprint density at radius 2 is 1.88 bits per heavy atom. The van der Waals surface area contributed by atoms with Gasteiger partial charge in [0.15, 0.2) is 16.8 Å². The fraction of sp³-hybridized carbons (Fsp3) is 0.318. The highest BCUT2D eigenvalue weighted by molar-refractivity contribution is 8.00. The zero-order chi connectivity index (χ0) is 23.8. The zero-order valence-corrected chi connectivity index (χ0v) is 18.7. The third-order valence-corrected chi connectivity index (χ3v) is 6.36. The number of amides is 1. The Bertz CT molecular complexity index is 1200. The molecular formula is C22H20F3N5O2S. The van der Waals surface area contributed by atoms with E-state index in [4.69, 9.17) is 0 Å². The van der Waals surface area contributed by atoms with Gasteiger partial charge in [-0.2, -0.15) is 13.2 Å². The molecule has 3 heterocycles. The maximum atomic E-state index is 13.3. The maximum Gasteiger partial charge on any atom is 0.406 e. The molecule has 0 saturated carbocycles. The summed E-state index contributed by atoms with van der Waals surface area (Å²) in [6, 6.07) is 8.23. The topological polar surface area (TPSA) is 81.0 Å². The molecule has 1 aliphatic heterocycles. The number of hydrogen-bond donors (Lipinski definition) is 0. The molecule has 1 aromatic carbocycles. The monoisotopic (exact) mass is 475 g/mol. The van der Waals surface area contributed by atoms with E-state index < -0.39 is 18.0 Å². The lowest BCUT2D eigenvalue weighted by Crippen LogP contribution is -2.25. The van der Waals surface area contributed by atoms with Crippen LogP contribution >= 0.6 is 11.8 Å². The minimum Gasteiger partial charge on any atom is -0.312 e. The molecule has 33 heavy (non-hydrogen) atoms. The van der Waals surface area contributed by atoms with Crippen molar-refractivity contribution >= 4 is 29.1 Å². The van der Waals surface area contributed by atoms with Gasteiger partial charge in [0.25, 0.3) is 0 Å². The molecule has 2 aromatic heterocycles. The quantitative estimate of drug-likeness (QED) is 0.393. The number of pyridine rings is 1. The highest BCUT2D eigenvalue weighted by atomic mass is 32.2. The van der Waals surface area contributed by atoms with Gasteiger partial charge in [0.05, 0.1) is 5.25 Å². The third kappa shape index (κ3) is 4.92. The first-order chi connectivity index (χ1) is 15.6. The predicted molar refractivity (Wildman–Crippen MR) is 117 cm³/mol. The fourth-order valence-corrected chi connectivity index (χ4v) is 4.67. The Balaban J connectivity index is 1.58. The van der Waals surface area contributed by atoms with E-state index in [2.05, 4.69) is 15.2 Å². The normalized spacial score (nSPS) is 14.3. The van der Waals surface area contributed by atoms with Crippen LogP contribution in [0.4, 0.5) is 18.9 Å². The lowest BCUT2D eigenvalue weighted by atomic mass is 10.0. The standard InChI is InChI=1S/C22H20F3N5O2S/c1-13(19(32)17-3-4-18-16(11-17)7-10-29(18)14(2)31)33-21-28-27-20(15-5-8-26-9-6-15)30(21)12-22(23,24)25/h3-6,8-9,11,13H,7,10,12H2,1-2H3. The summed E-state index contributed by atoms with van der Waals surface area (Å²) in [5, 5.41) is 7.19. The number of ketones is 1. The van der Waals surface area contributed by atoms with Crippen LogP contribution in [-0.4, -0.2) is 49.4 Å². The van der Waals surface area contributed by atoms with Gasteiger partial charge in [-0.15, -0.1) is 10.2 Å². The highest BCUT2D eigenvalue weighted by Crippen LogP contribution is 2.33. The highest BCUT2D eigenvalue weighted by Gasteiger charge is 2.33. The van der Waals surface area contributed by atoms with E-state index >= 15 is 0 Å². The maximum absolute atomic E-state index is 13.3. The van der Waals surface area contributed by atoms with Crippen LogP contribution in [0.1, 0.15) is 29.8 Å². The summed E-state index contributed by atoms with van der Waals surface area (Å²) in [6.07, 6.45) is -0.925. The number of aromatic nitrogens is 4. The molecule has 11 heteroatoms. The Kier molecular flexibility index (Phi) is 6.24. The lowest BCUT2D eigenvalue weighted by Gasteiger charge is -2.16. The predicted octanol–water partition coefficient (Wildman–Crippen LogP) is 4.17. The van der Waals surface area contributed by atoms with Crippen molar-refractivity contribution in [2.24, 2.45) is 0 Å². The average molecular weight is 475 g/mol. The molecule has 0 spiro atoms. The molecule has 7 nitrogen and oxygen atoms in total. The zero-order valence-electron chi connectivity index (χ0n) is 17.8. The van der Waals surface area contributed by atoms with E-state index in [1.54, 1.807) is 42.2 Å². The number of hydrogen-bond acceptors (Lipinski definition) is 6. The molecule has 1 atom stereocenters. The van der Waals surface area contributed by atoms with Crippen molar-refractivity contribution in [2.45, 2.75) is 43.4 Å². The van der Waals surface area contributed by atoms with Gasteiger partial charge in [0.2, 0.25) is 5.91 Å². The summed E-state index contributed by atoms with van der Waals surface area (Å²) in [5.74, 6) is -0.249.